The molecule has 0 saturated heterocycles. The van der Waals surface area contributed by atoms with Crippen LogP contribution in [0.3, 0.4) is 0 Å². The lowest BCUT2D eigenvalue weighted by atomic mass is 10.0. The molecule has 1 atom stereocenters. The molecule has 1 N–H and O–H groups in total. The van der Waals surface area contributed by atoms with Crippen molar-refractivity contribution in [2.45, 2.75) is 20.0 Å². The van der Waals surface area contributed by atoms with Gasteiger partial charge < -0.3 is 10.1 Å². The Kier molecular flexibility index (Phi) is 5.42. The number of benzene rings is 2. The van der Waals surface area contributed by atoms with Gasteiger partial charge in [0, 0.05) is 23.8 Å². The van der Waals surface area contributed by atoms with E-state index in [9.17, 15) is 4.79 Å². The van der Waals surface area contributed by atoms with Crippen LogP contribution in [0.5, 0.6) is 5.88 Å². The fourth-order valence-electron chi connectivity index (χ4n) is 3.34. The van der Waals surface area contributed by atoms with Gasteiger partial charge in [-0.1, -0.05) is 41.9 Å². The van der Waals surface area contributed by atoms with Gasteiger partial charge in [-0.05, 0) is 49.2 Å². The van der Waals surface area contributed by atoms with Gasteiger partial charge in [-0.25, -0.2) is 0 Å². The van der Waals surface area contributed by atoms with Crippen molar-refractivity contribution in [3.63, 3.8) is 0 Å². The third-order valence-electron chi connectivity index (χ3n) is 4.81. The first-order valence-corrected chi connectivity index (χ1v) is 9.93. The molecule has 0 aliphatic heterocycles. The first-order valence-electron chi connectivity index (χ1n) is 9.55. The molecular formula is C23H21ClN4O2. The van der Waals surface area contributed by atoms with Gasteiger partial charge >= 0.3 is 0 Å². The van der Waals surface area contributed by atoms with Gasteiger partial charge in [-0.2, -0.15) is 10.1 Å². The van der Waals surface area contributed by atoms with Crippen molar-refractivity contribution < 1.29 is 9.53 Å². The summed E-state index contributed by atoms with van der Waals surface area (Å²) < 4.78 is 7.64. The SMILES string of the molecule is Cc1nn(C)c2nc(OC(C)C(=O)Nc3ccc(Cl)cc3)cc(-c3ccccc3)c12. The minimum absolute atomic E-state index is 0.276. The monoisotopic (exact) mass is 420 g/mol. The maximum Gasteiger partial charge on any atom is 0.265 e. The van der Waals surface area contributed by atoms with Gasteiger partial charge in [-0.15, -0.1) is 0 Å². The lowest BCUT2D eigenvalue weighted by molar-refractivity contribution is -0.122. The molecule has 4 aromatic rings. The molecule has 2 aromatic heterocycles. The normalized spacial score (nSPS) is 12.0. The highest BCUT2D eigenvalue weighted by molar-refractivity contribution is 6.30. The number of aryl methyl sites for hydroxylation is 2. The number of ether oxygens (including phenoxy) is 1. The number of nitrogens with zero attached hydrogens (tertiary/aromatic N) is 3. The zero-order chi connectivity index (χ0) is 21.3. The number of pyridine rings is 1. The van der Waals surface area contributed by atoms with E-state index in [2.05, 4.69) is 15.4 Å². The molecule has 1 amide bonds. The van der Waals surface area contributed by atoms with E-state index < -0.39 is 6.10 Å². The number of carbonyl (C=O) groups is 1. The summed E-state index contributed by atoms with van der Waals surface area (Å²) in [5.74, 6) is 0.0878. The highest BCUT2D eigenvalue weighted by Gasteiger charge is 2.19. The molecule has 30 heavy (non-hydrogen) atoms. The third kappa shape index (κ3) is 4.00. The number of carbonyl (C=O) groups excluding carboxylic acids is 1. The Balaban J connectivity index is 1.65. The minimum Gasteiger partial charge on any atom is -0.464 e. The van der Waals surface area contributed by atoms with Gasteiger partial charge in [0.15, 0.2) is 11.8 Å². The summed E-state index contributed by atoms with van der Waals surface area (Å²) in [5.41, 5.74) is 4.24. The first kappa shape index (κ1) is 19.9. The lowest BCUT2D eigenvalue weighted by Crippen LogP contribution is -2.30. The molecule has 6 nitrogen and oxygen atoms in total. The van der Waals surface area contributed by atoms with Crippen LogP contribution < -0.4 is 10.1 Å². The lowest BCUT2D eigenvalue weighted by Gasteiger charge is -2.15. The molecule has 1 unspecified atom stereocenters. The smallest absolute Gasteiger partial charge is 0.265 e. The van der Waals surface area contributed by atoms with E-state index in [0.717, 1.165) is 22.2 Å². The maximum atomic E-state index is 12.6. The zero-order valence-corrected chi connectivity index (χ0v) is 17.6. The van der Waals surface area contributed by atoms with Gasteiger partial charge in [0.2, 0.25) is 5.88 Å². The average Bonchev–Trinajstić information content (AvgIpc) is 3.03. The topological polar surface area (TPSA) is 69.0 Å². The molecule has 2 heterocycles. The van der Waals surface area contributed by atoms with Gasteiger partial charge in [0.1, 0.15) is 0 Å². The van der Waals surface area contributed by atoms with Crippen LogP contribution in [0.4, 0.5) is 5.69 Å². The van der Waals surface area contributed by atoms with E-state index in [-0.39, 0.29) is 5.91 Å². The standard InChI is InChI=1S/C23H21ClN4O2/c1-14-21-19(16-7-5-4-6-8-16)13-20(26-22(21)28(3)27-14)30-15(2)23(29)25-18-11-9-17(24)10-12-18/h4-13,15H,1-3H3,(H,25,29). The van der Waals surface area contributed by atoms with E-state index in [0.29, 0.717) is 22.2 Å². The van der Waals surface area contributed by atoms with Crippen molar-refractivity contribution in [3.8, 4) is 17.0 Å². The Morgan fingerprint density at radius 2 is 1.83 bits per heavy atom. The molecule has 0 fully saturated rings. The van der Waals surface area contributed by atoms with Crippen LogP contribution in [0.2, 0.25) is 5.02 Å². The Bertz CT molecular complexity index is 1200. The number of fused-ring (bicyclic) bond motifs is 1. The number of aromatic nitrogens is 3. The van der Waals surface area contributed by atoms with E-state index in [1.807, 2.05) is 50.4 Å². The summed E-state index contributed by atoms with van der Waals surface area (Å²) in [5, 5.41) is 8.90. The van der Waals surface area contributed by atoms with E-state index in [1.165, 1.54) is 0 Å². The molecule has 0 radical (unpaired) electrons. The summed E-state index contributed by atoms with van der Waals surface area (Å²) in [6.45, 7) is 3.65. The number of rotatable bonds is 5. The van der Waals surface area contributed by atoms with E-state index >= 15 is 0 Å². The Labute approximate surface area is 179 Å². The van der Waals surface area contributed by atoms with Crippen molar-refractivity contribution >= 4 is 34.2 Å². The summed E-state index contributed by atoms with van der Waals surface area (Å²) in [6, 6.07) is 18.8. The largest absolute Gasteiger partial charge is 0.464 e. The molecule has 0 spiro atoms. The number of hydrogen-bond acceptors (Lipinski definition) is 4. The van der Waals surface area contributed by atoms with Crippen molar-refractivity contribution in [1.29, 1.82) is 0 Å². The van der Waals surface area contributed by atoms with Crippen LogP contribution in [0, 0.1) is 6.92 Å². The van der Waals surface area contributed by atoms with Crippen LogP contribution in [0.1, 0.15) is 12.6 Å². The third-order valence-corrected chi connectivity index (χ3v) is 5.06. The second-order valence-electron chi connectivity index (χ2n) is 7.04. The van der Waals surface area contributed by atoms with E-state index in [4.69, 9.17) is 16.3 Å². The van der Waals surface area contributed by atoms with Crippen molar-refractivity contribution in [2.75, 3.05) is 5.32 Å². The van der Waals surface area contributed by atoms with Crippen LogP contribution in [0.15, 0.2) is 60.7 Å². The summed E-state index contributed by atoms with van der Waals surface area (Å²) in [6.07, 6.45) is -0.747. The average molecular weight is 421 g/mol. The van der Waals surface area contributed by atoms with Crippen molar-refractivity contribution in [3.05, 3.63) is 71.4 Å². The summed E-state index contributed by atoms with van der Waals surface area (Å²) >= 11 is 5.89. The molecule has 7 heteroatoms. The maximum absolute atomic E-state index is 12.6. The van der Waals surface area contributed by atoms with Crippen LogP contribution in [-0.2, 0) is 11.8 Å². The molecule has 0 aliphatic carbocycles. The highest BCUT2D eigenvalue weighted by Crippen LogP contribution is 2.33. The zero-order valence-electron chi connectivity index (χ0n) is 16.9. The van der Waals surface area contributed by atoms with Crippen LogP contribution in [-0.4, -0.2) is 26.8 Å². The summed E-state index contributed by atoms with van der Waals surface area (Å²) in [4.78, 5) is 17.2. The molecule has 152 valence electrons. The quantitative estimate of drug-likeness (QED) is 0.493. The van der Waals surface area contributed by atoms with E-state index in [1.54, 1.807) is 35.9 Å². The summed E-state index contributed by atoms with van der Waals surface area (Å²) in [7, 11) is 1.84. The van der Waals surface area contributed by atoms with Crippen molar-refractivity contribution in [2.24, 2.45) is 7.05 Å². The fourth-order valence-corrected chi connectivity index (χ4v) is 3.47. The molecule has 2 aromatic carbocycles. The Morgan fingerprint density at radius 3 is 2.53 bits per heavy atom. The van der Waals surface area contributed by atoms with Crippen molar-refractivity contribution in [1.82, 2.24) is 14.8 Å². The van der Waals surface area contributed by atoms with Gasteiger partial charge in [-0.3, -0.25) is 9.48 Å². The minimum atomic E-state index is -0.747. The fraction of sp³-hybridized carbons (Fsp3) is 0.174. The number of nitrogens with one attached hydrogen (secondary N) is 1. The molecular weight excluding hydrogens is 400 g/mol. The molecule has 4 rings (SSSR count). The number of anilines is 1. The second kappa shape index (κ2) is 8.16. The predicted molar refractivity (Wildman–Crippen MR) is 119 cm³/mol. The van der Waals surface area contributed by atoms with Gasteiger partial charge in [0.25, 0.3) is 5.91 Å². The molecule has 0 aliphatic rings. The first-order chi connectivity index (χ1) is 14.4. The number of amides is 1. The highest BCUT2D eigenvalue weighted by atomic mass is 35.5. The number of hydrogen-bond donors (Lipinski definition) is 1. The number of halogens is 1. The molecule has 0 saturated carbocycles. The molecule has 0 bridgehead atoms. The Morgan fingerprint density at radius 1 is 1.13 bits per heavy atom. The Hall–Kier alpha value is -3.38. The van der Waals surface area contributed by atoms with Crippen LogP contribution in [0.25, 0.3) is 22.2 Å². The second-order valence-corrected chi connectivity index (χ2v) is 7.47. The predicted octanol–water partition coefficient (Wildman–Crippen LogP) is 5.00. The van der Waals surface area contributed by atoms with Crippen LogP contribution >= 0.6 is 11.6 Å². The van der Waals surface area contributed by atoms with Gasteiger partial charge in [0.05, 0.1) is 11.1 Å².